The summed E-state index contributed by atoms with van der Waals surface area (Å²) in [6, 6.07) is 0. The highest BCUT2D eigenvalue weighted by molar-refractivity contribution is 7.17. The van der Waals surface area contributed by atoms with Crippen LogP contribution < -0.4 is 5.32 Å². The van der Waals surface area contributed by atoms with Crippen LogP contribution in [0.25, 0.3) is 0 Å². The van der Waals surface area contributed by atoms with Gasteiger partial charge in [-0.05, 0) is 51.5 Å². The number of thiophene rings is 1. The lowest BCUT2D eigenvalue weighted by Crippen LogP contribution is -2.22. The van der Waals surface area contributed by atoms with Crippen molar-refractivity contribution >= 4 is 34.2 Å². The summed E-state index contributed by atoms with van der Waals surface area (Å²) in [6.07, 6.45) is 5.21. The Morgan fingerprint density at radius 3 is 2.73 bits per heavy atom. The highest BCUT2D eigenvalue weighted by Gasteiger charge is 2.29. The minimum atomic E-state index is -0.582. The standard InChI is InChI=1S/C19H25NO5S/c1-5-6-16(22)24-10-15(21)20-18-17(19(23)25-11(2)3)13-8-7-12(4)9-14(13)26-18/h5-6,11-12H,7-10H2,1-4H3,(H,20,21). The summed E-state index contributed by atoms with van der Waals surface area (Å²) in [5.41, 5.74) is 1.42. The molecule has 1 amide bonds. The van der Waals surface area contributed by atoms with Crippen molar-refractivity contribution in [2.75, 3.05) is 11.9 Å². The molecule has 1 aliphatic rings. The molecule has 7 heteroatoms. The molecule has 0 bridgehead atoms. The van der Waals surface area contributed by atoms with Gasteiger partial charge in [-0.3, -0.25) is 4.79 Å². The van der Waals surface area contributed by atoms with Crippen molar-refractivity contribution in [3.8, 4) is 0 Å². The third-order valence-electron chi connectivity index (χ3n) is 3.96. The largest absolute Gasteiger partial charge is 0.459 e. The van der Waals surface area contributed by atoms with Gasteiger partial charge in [-0.25, -0.2) is 9.59 Å². The van der Waals surface area contributed by atoms with E-state index in [0.29, 0.717) is 16.5 Å². The number of rotatable bonds is 6. The predicted octanol–water partition coefficient (Wildman–Crippen LogP) is 3.50. The van der Waals surface area contributed by atoms with Gasteiger partial charge in [-0.2, -0.15) is 0 Å². The van der Waals surface area contributed by atoms with Gasteiger partial charge in [0.2, 0.25) is 0 Å². The smallest absolute Gasteiger partial charge is 0.341 e. The molecule has 26 heavy (non-hydrogen) atoms. The summed E-state index contributed by atoms with van der Waals surface area (Å²) in [5.74, 6) is -0.941. The van der Waals surface area contributed by atoms with E-state index in [1.807, 2.05) is 0 Å². The molecule has 1 aliphatic carbocycles. The van der Waals surface area contributed by atoms with Crippen molar-refractivity contribution in [1.82, 2.24) is 0 Å². The van der Waals surface area contributed by atoms with E-state index in [0.717, 1.165) is 29.7 Å². The Labute approximate surface area is 157 Å². The Morgan fingerprint density at radius 1 is 1.35 bits per heavy atom. The average molecular weight is 379 g/mol. The van der Waals surface area contributed by atoms with E-state index < -0.39 is 24.5 Å². The van der Waals surface area contributed by atoms with Gasteiger partial charge in [0.1, 0.15) is 5.00 Å². The van der Waals surface area contributed by atoms with Crippen LogP contribution in [0.3, 0.4) is 0 Å². The van der Waals surface area contributed by atoms with Gasteiger partial charge in [0, 0.05) is 11.0 Å². The van der Waals surface area contributed by atoms with Crippen LogP contribution in [0.1, 0.15) is 54.9 Å². The van der Waals surface area contributed by atoms with Gasteiger partial charge in [0.05, 0.1) is 11.7 Å². The molecule has 1 unspecified atom stereocenters. The quantitative estimate of drug-likeness (QED) is 0.604. The summed E-state index contributed by atoms with van der Waals surface area (Å²) in [7, 11) is 0. The summed E-state index contributed by atoms with van der Waals surface area (Å²) in [6.45, 7) is 7.04. The van der Waals surface area contributed by atoms with Gasteiger partial charge in [0.15, 0.2) is 6.61 Å². The molecule has 1 N–H and O–H groups in total. The van der Waals surface area contributed by atoms with Crippen LogP contribution in [0.4, 0.5) is 5.00 Å². The van der Waals surface area contributed by atoms with Crippen LogP contribution in [0.5, 0.6) is 0 Å². The SMILES string of the molecule is CC=CC(=O)OCC(=O)Nc1sc2c(c1C(=O)OC(C)C)CCC(C)C2. The maximum atomic E-state index is 12.6. The molecule has 6 nitrogen and oxygen atoms in total. The van der Waals surface area contributed by atoms with Crippen molar-refractivity contribution in [2.24, 2.45) is 5.92 Å². The van der Waals surface area contributed by atoms with Crippen molar-refractivity contribution in [3.63, 3.8) is 0 Å². The zero-order valence-corrected chi connectivity index (χ0v) is 16.4. The van der Waals surface area contributed by atoms with Crippen LogP contribution >= 0.6 is 11.3 Å². The van der Waals surface area contributed by atoms with Crippen molar-refractivity contribution in [2.45, 2.75) is 53.1 Å². The highest BCUT2D eigenvalue weighted by Crippen LogP contribution is 2.40. The first-order valence-electron chi connectivity index (χ1n) is 8.76. The number of fused-ring (bicyclic) bond motifs is 1. The normalized spacial score (nSPS) is 16.4. The lowest BCUT2D eigenvalue weighted by molar-refractivity contribution is -0.142. The molecule has 0 aromatic carbocycles. The van der Waals surface area contributed by atoms with E-state index in [4.69, 9.17) is 9.47 Å². The van der Waals surface area contributed by atoms with E-state index in [2.05, 4.69) is 12.2 Å². The Morgan fingerprint density at radius 2 is 2.08 bits per heavy atom. The molecular weight excluding hydrogens is 354 g/mol. The molecule has 0 spiro atoms. The Balaban J connectivity index is 2.19. The monoisotopic (exact) mass is 379 g/mol. The molecule has 1 atom stereocenters. The van der Waals surface area contributed by atoms with Gasteiger partial charge >= 0.3 is 11.9 Å². The number of amides is 1. The number of ether oxygens (including phenoxy) is 2. The molecule has 0 saturated heterocycles. The van der Waals surface area contributed by atoms with Gasteiger partial charge < -0.3 is 14.8 Å². The van der Waals surface area contributed by atoms with Crippen LogP contribution in [-0.4, -0.2) is 30.6 Å². The Kier molecular flexibility index (Phi) is 6.97. The van der Waals surface area contributed by atoms with Crippen molar-refractivity contribution in [3.05, 3.63) is 28.2 Å². The van der Waals surface area contributed by atoms with E-state index in [1.165, 1.54) is 23.5 Å². The van der Waals surface area contributed by atoms with Crippen molar-refractivity contribution < 1.29 is 23.9 Å². The Hall–Kier alpha value is -2.15. The number of hydrogen-bond acceptors (Lipinski definition) is 6. The third-order valence-corrected chi connectivity index (χ3v) is 5.13. The number of hydrogen-bond donors (Lipinski definition) is 1. The predicted molar refractivity (Wildman–Crippen MR) is 100 cm³/mol. The molecule has 0 radical (unpaired) electrons. The number of carbonyl (C=O) groups excluding carboxylic acids is 3. The zero-order chi connectivity index (χ0) is 19.3. The molecule has 142 valence electrons. The first-order valence-corrected chi connectivity index (χ1v) is 9.58. The summed E-state index contributed by atoms with van der Waals surface area (Å²) >= 11 is 1.41. The fourth-order valence-corrected chi connectivity index (χ4v) is 4.23. The van der Waals surface area contributed by atoms with Gasteiger partial charge in [-0.15, -0.1) is 11.3 Å². The average Bonchev–Trinajstić information content (AvgIpc) is 2.89. The summed E-state index contributed by atoms with van der Waals surface area (Å²) in [4.78, 5) is 37.1. The van der Waals surface area contributed by atoms with E-state index >= 15 is 0 Å². The number of esters is 2. The first-order chi connectivity index (χ1) is 12.3. The molecule has 2 rings (SSSR count). The van der Waals surface area contributed by atoms with E-state index in [-0.39, 0.29) is 6.10 Å². The Bertz CT molecular complexity index is 720. The second-order valence-corrected chi connectivity index (χ2v) is 7.77. The van der Waals surface area contributed by atoms with Crippen LogP contribution in [-0.2, 0) is 31.9 Å². The summed E-state index contributed by atoms with van der Waals surface area (Å²) in [5, 5.41) is 3.19. The maximum Gasteiger partial charge on any atom is 0.341 e. The number of nitrogens with one attached hydrogen (secondary N) is 1. The lowest BCUT2D eigenvalue weighted by atomic mass is 9.88. The molecule has 1 heterocycles. The van der Waals surface area contributed by atoms with Crippen LogP contribution in [0.15, 0.2) is 12.2 Å². The molecule has 0 aliphatic heterocycles. The van der Waals surface area contributed by atoms with Crippen LogP contribution in [0.2, 0.25) is 0 Å². The fraction of sp³-hybridized carbons (Fsp3) is 0.526. The number of carbonyl (C=O) groups is 3. The topological polar surface area (TPSA) is 81.7 Å². The summed E-state index contributed by atoms with van der Waals surface area (Å²) < 4.78 is 10.2. The molecular formula is C19H25NO5S. The highest BCUT2D eigenvalue weighted by atomic mass is 32.1. The number of anilines is 1. The second kappa shape index (κ2) is 8.98. The van der Waals surface area contributed by atoms with Gasteiger partial charge in [0.25, 0.3) is 5.91 Å². The second-order valence-electron chi connectivity index (χ2n) is 6.67. The van der Waals surface area contributed by atoms with Gasteiger partial charge in [-0.1, -0.05) is 13.0 Å². The molecule has 0 saturated carbocycles. The zero-order valence-electron chi connectivity index (χ0n) is 15.6. The molecule has 1 aromatic heterocycles. The first kappa shape index (κ1) is 20.2. The van der Waals surface area contributed by atoms with E-state index in [9.17, 15) is 14.4 Å². The molecule has 0 fully saturated rings. The minimum absolute atomic E-state index is 0.245. The minimum Gasteiger partial charge on any atom is -0.459 e. The maximum absolute atomic E-state index is 12.6. The number of allylic oxidation sites excluding steroid dienone is 1. The van der Waals surface area contributed by atoms with E-state index in [1.54, 1.807) is 20.8 Å². The molecule has 1 aromatic rings. The van der Waals surface area contributed by atoms with Crippen LogP contribution in [0, 0.1) is 5.92 Å². The third kappa shape index (κ3) is 5.17. The van der Waals surface area contributed by atoms with Crippen molar-refractivity contribution in [1.29, 1.82) is 0 Å². The fourth-order valence-electron chi connectivity index (χ4n) is 2.81. The lowest BCUT2D eigenvalue weighted by Gasteiger charge is -2.18.